The van der Waals surface area contributed by atoms with Gasteiger partial charge in [-0.05, 0) is 34.5 Å². The molecule has 2 nitrogen and oxygen atoms in total. The van der Waals surface area contributed by atoms with E-state index in [2.05, 4.69) is 0 Å². The molecule has 0 bridgehead atoms. The van der Waals surface area contributed by atoms with E-state index >= 15 is 0 Å². The number of rotatable bonds is 2. The number of halogens is 3. The van der Waals surface area contributed by atoms with Crippen LogP contribution in [0.4, 0.5) is 13.2 Å². The first-order valence-electron chi connectivity index (χ1n) is 5.38. The van der Waals surface area contributed by atoms with Crippen molar-refractivity contribution < 1.29 is 23.1 Å². The Kier molecular flexibility index (Phi) is 3.29. The van der Waals surface area contributed by atoms with Crippen LogP contribution >= 0.6 is 0 Å². The van der Waals surface area contributed by atoms with E-state index in [0.717, 1.165) is 6.08 Å². The number of alkyl halides is 3. The van der Waals surface area contributed by atoms with Crippen molar-refractivity contribution in [3.8, 4) is 0 Å². The molecule has 0 fully saturated rings. The van der Waals surface area contributed by atoms with Crippen LogP contribution in [0.3, 0.4) is 0 Å². The maximum absolute atomic E-state index is 12.0. The van der Waals surface area contributed by atoms with E-state index in [1.54, 1.807) is 18.2 Å². The Bertz CT molecular complexity index is 657. The highest BCUT2D eigenvalue weighted by Gasteiger charge is 2.21. The minimum atomic E-state index is -4.35. The smallest absolute Gasteiger partial charge is 0.409 e. The Labute approximate surface area is 106 Å². The van der Waals surface area contributed by atoms with Gasteiger partial charge in [-0.3, -0.25) is 0 Å². The maximum Gasteiger partial charge on any atom is 0.409 e. The van der Waals surface area contributed by atoms with Gasteiger partial charge in [0.1, 0.15) is 0 Å². The van der Waals surface area contributed by atoms with Gasteiger partial charge in [-0.15, -0.1) is 0 Å². The summed E-state index contributed by atoms with van der Waals surface area (Å²) >= 11 is 0. The number of hydrogen-bond donors (Lipinski definition) is 1. The second-order valence-electron chi connectivity index (χ2n) is 4.00. The molecular formula is C14H9F3O2. The molecule has 0 aromatic heterocycles. The van der Waals surface area contributed by atoms with Gasteiger partial charge in [-0.1, -0.05) is 24.3 Å². The predicted molar refractivity (Wildman–Crippen MR) is 66.0 cm³/mol. The number of fused-ring (bicyclic) bond motifs is 1. The van der Waals surface area contributed by atoms with E-state index in [1.807, 2.05) is 0 Å². The molecular weight excluding hydrogens is 257 g/mol. The molecule has 0 aliphatic carbocycles. The molecule has 0 spiro atoms. The van der Waals surface area contributed by atoms with Crippen LogP contribution in [0.1, 0.15) is 15.9 Å². The highest BCUT2D eigenvalue weighted by atomic mass is 19.4. The van der Waals surface area contributed by atoms with Crippen molar-refractivity contribution in [2.24, 2.45) is 0 Å². The van der Waals surface area contributed by atoms with Gasteiger partial charge in [-0.2, -0.15) is 13.2 Å². The van der Waals surface area contributed by atoms with E-state index in [-0.39, 0.29) is 11.6 Å². The molecule has 0 atom stereocenters. The first-order valence-corrected chi connectivity index (χ1v) is 5.38. The van der Waals surface area contributed by atoms with Crippen molar-refractivity contribution in [1.82, 2.24) is 0 Å². The van der Waals surface area contributed by atoms with E-state index < -0.39 is 12.1 Å². The van der Waals surface area contributed by atoms with Crippen LogP contribution in [-0.4, -0.2) is 17.3 Å². The van der Waals surface area contributed by atoms with Gasteiger partial charge in [0.2, 0.25) is 0 Å². The van der Waals surface area contributed by atoms with Crippen molar-refractivity contribution >= 4 is 22.8 Å². The Balaban J connectivity index is 2.39. The van der Waals surface area contributed by atoms with Crippen molar-refractivity contribution in [1.29, 1.82) is 0 Å². The van der Waals surface area contributed by atoms with Crippen LogP contribution in [0.25, 0.3) is 16.8 Å². The summed E-state index contributed by atoms with van der Waals surface area (Å²) in [7, 11) is 0. The quantitative estimate of drug-likeness (QED) is 0.888. The molecule has 2 aromatic carbocycles. The van der Waals surface area contributed by atoms with Gasteiger partial charge in [0.15, 0.2) is 0 Å². The zero-order chi connectivity index (χ0) is 14.0. The molecule has 2 rings (SSSR count). The minimum Gasteiger partial charge on any atom is -0.478 e. The number of benzene rings is 2. The topological polar surface area (TPSA) is 37.3 Å². The van der Waals surface area contributed by atoms with Crippen molar-refractivity contribution in [3.63, 3.8) is 0 Å². The molecule has 19 heavy (non-hydrogen) atoms. The van der Waals surface area contributed by atoms with Gasteiger partial charge in [0.05, 0.1) is 5.56 Å². The van der Waals surface area contributed by atoms with Crippen LogP contribution < -0.4 is 0 Å². The molecule has 98 valence electrons. The second-order valence-corrected chi connectivity index (χ2v) is 4.00. The number of allylic oxidation sites excluding steroid dienone is 1. The molecule has 0 saturated carbocycles. The zero-order valence-corrected chi connectivity index (χ0v) is 9.61. The van der Waals surface area contributed by atoms with Gasteiger partial charge in [0, 0.05) is 6.08 Å². The first-order chi connectivity index (χ1) is 8.85. The number of carboxylic acid groups (broad SMARTS) is 1. The van der Waals surface area contributed by atoms with E-state index in [4.69, 9.17) is 5.11 Å². The number of carbonyl (C=O) groups is 1. The van der Waals surface area contributed by atoms with E-state index in [9.17, 15) is 18.0 Å². The average Bonchev–Trinajstić information content (AvgIpc) is 2.34. The lowest BCUT2D eigenvalue weighted by Gasteiger charge is -2.02. The van der Waals surface area contributed by atoms with Crippen LogP contribution in [-0.2, 0) is 0 Å². The second kappa shape index (κ2) is 4.76. The lowest BCUT2D eigenvalue weighted by molar-refractivity contribution is -0.0790. The molecule has 5 heteroatoms. The summed E-state index contributed by atoms with van der Waals surface area (Å²) in [6.07, 6.45) is -3.20. The van der Waals surface area contributed by atoms with Gasteiger partial charge < -0.3 is 5.11 Å². The SMILES string of the molecule is O=C(O)c1ccc2cc(/C=C/C(F)(F)F)ccc2c1. The summed E-state index contributed by atoms with van der Waals surface area (Å²) in [4.78, 5) is 10.8. The van der Waals surface area contributed by atoms with Crippen molar-refractivity contribution in [3.05, 3.63) is 53.6 Å². The highest BCUT2D eigenvalue weighted by Crippen LogP contribution is 2.21. The molecule has 0 heterocycles. The number of aromatic carboxylic acids is 1. The monoisotopic (exact) mass is 266 g/mol. The Morgan fingerprint density at radius 1 is 1.05 bits per heavy atom. The fraction of sp³-hybridized carbons (Fsp3) is 0.0714. The molecule has 0 saturated heterocycles. The molecule has 1 N–H and O–H groups in total. The summed E-state index contributed by atoms with van der Waals surface area (Å²) in [6.45, 7) is 0. The predicted octanol–water partition coefficient (Wildman–Crippen LogP) is 4.11. The fourth-order valence-corrected chi connectivity index (χ4v) is 1.69. The third-order valence-corrected chi connectivity index (χ3v) is 2.58. The first kappa shape index (κ1) is 13.1. The van der Waals surface area contributed by atoms with Crippen LogP contribution in [0.5, 0.6) is 0 Å². The lowest BCUT2D eigenvalue weighted by atomic mass is 10.0. The molecule has 0 aliphatic rings. The summed E-state index contributed by atoms with van der Waals surface area (Å²) < 4.78 is 36.1. The summed E-state index contributed by atoms with van der Waals surface area (Å²) in [5.41, 5.74) is 0.555. The third kappa shape index (κ3) is 3.34. The Morgan fingerprint density at radius 2 is 1.68 bits per heavy atom. The highest BCUT2D eigenvalue weighted by molar-refractivity contribution is 5.94. The maximum atomic E-state index is 12.0. The third-order valence-electron chi connectivity index (χ3n) is 2.58. The fourth-order valence-electron chi connectivity index (χ4n) is 1.69. The van der Waals surface area contributed by atoms with Crippen molar-refractivity contribution in [2.45, 2.75) is 6.18 Å². The van der Waals surface area contributed by atoms with Crippen LogP contribution in [0.15, 0.2) is 42.5 Å². The molecule has 0 unspecified atom stereocenters. The Hall–Kier alpha value is -2.30. The number of carboxylic acids is 1. The van der Waals surface area contributed by atoms with E-state index in [0.29, 0.717) is 16.3 Å². The lowest BCUT2D eigenvalue weighted by Crippen LogP contribution is -2.00. The van der Waals surface area contributed by atoms with Gasteiger partial charge in [-0.25, -0.2) is 4.79 Å². The zero-order valence-electron chi connectivity index (χ0n) is 9.61. The molecule has 0 aliphatic heterocycles. The minimum absolute atomic E-state index is 0.145. The van der Waals surface area contributed by atoms with Gasteiger partial charge >= 0.3 is 12.1 Å². The average molecular weight is 266 g/mol. The summed E-state index contributed by atoms with van der Waals surface area (Å²) in [5, 5.41) is 10.2. The number of hydrogen-bond acceptors (Lipinski definition) is 1. The van der Waals surface area contributed by atoms with Crippen molar-refractivity contribution in [2.75, 3.05) is 0 Å². The normalized spacial score (nSPS) is 12.2. The van der Waals surface area contributed by atoms with Gasteiger partial charge in [0.25, 0.3) is 0 Å². The summed E-state index contributed by atoms with van der Waals surface area (Å²) in [5.74, 6) is -1.04. The largest absolute Gasteiger partial charge is 0.478 e. The van der Waals surface area contributed by atoms with Crippen LogP contribution in [0.2, 0.25) is 0 Å². The molecule has 2 aromatic rings. The van der Waals surface area contributed by atoms with E-state index in [1.165, 1.54) is 18.2 Å². The molecule has 0 amide bonds. The standard InChI is InChI=1S/C14H9F3O2/c15-14(16,17)6-5-9-1-2-11-8-12(13(18)19)4-3-10(11)7-9/h1-8H,(H,18,19)/b6-5+. The summed E-state index contributed by atoms with van der Waals surface area (Å²) in [6, 6.07) is 9.15. The molecule has 0 radical (unpaired) electrons. The van der Waals surface area contributed by atoms with Crippen LogP contribution in [0, 0.1) is 0 Å². The Morgan fingerprint density at radius 3 is 2.32 bits per heavy atom.